The molecule has 13 heteroatoms. The van der Waals surface area contributed by atoms with Crippen LogP contribution in [-0.2, 0) is 19.1 Å². The fourth-order valence-corrected chi connectivity index (χ4v) is 4.49. The first-order chi connectivity index (χ1) is 15.0. The maximum Gasteiger partial charge on any atom is 0.471 e. The molecule has 0 aliphatic carbocycles. The van der Waals surface area contributed by atoms with E-state index in [2.05, 4.69) is 4.98 Å². The van der Waals surface area contributed by atoms with E-state index in [-0.39, 0.29) is 18.5 Å². The highest BCUT2D eigenvalue weighted by atomic mass is 19.4. The summed E-state index contributed by atoms with van der Waals surface area (Å²) in [5.41, 5.74) is 0.192. The number of carbonyl (C=O) groups is 4. The molecular formula is C19H17F3N4O6. The van der Waals surface area contributed by atoms with E-state index in [1.807, 2.05) is 0 Å². The zero-order valence-corrected chi connectivity index (χ0v) is 16.6. The summed E-state index contributed by atoms with van der Waals surface area (Å²) < 4.78 is 44.0. The van der Waals surface area contributed by atoms with Crippen molar-refractivity contribution < 1.29 is 42.2 Å². The van der Waals surface area contributed by atoms with Crippen LogP contribution in [-0.4, -0.2) is 82.2 Å². The van der Waals surface area contributed by atoms with Gasteiger partial charge in [-0.25, -0.2) is 9.59 Å². The fourth-order valence-electron chi connectivity index (χ4n) is 4.49. The zero-order valence-electron chi connectivity index (χ0n) is 16.6. The predicted octanol–water partition coefficient (Wildman–Crippen LogP) is 0.997. The Hall–Kier alpha value is -3.64. The summed E-state index contributed by atoms with van der Waals surface area (Å²) in [7, 11) is 1.44. The lowest BCUT2D eigenvalue weighted by molar-refractivity contribution is -0.198. The van der Waals surface area contributed by atoms with Gasteiger partial charge in [0.1, 0.15) is 18.3 Å². The molecule has 1 unspecified atom stereocenters. The molecule has 4 rings (SSSR count). The number of amides is 3. The van der Waals surface area contributed by atoms with Crippen LogP contribution in [0.4, 0.5) is 23.7 Å². The van der Waals surface area contributed by atoms with Crippen molar-refractivity contribution in [2.45, 2.75) is 24.7 Å². The first kappa shape index (κ1) is 21.6. The number of aliphatic carboxylic acids is 1. The molecule has 3 aliphatic heterocycles. The highest BCUT2D eigenvalue weighted by Crippen LogP contribution is 2.49. The monoisotopic (exact) mass is 454 g/mol. The zero-order chi connectivity index (χ0) is 23.4. The second-order valence-corrected chi connectivity index (χ2v) is 7.53. The molecule has 0 bridgehead atoms. The molecule has 10 nitrogen and oxygen atoms in total. The number of anilines is 1. The molecule has 1 aromatic heterocycles. The molecule has 1 N–H and O–H groups in total. The summed E-state index contributed by atoms with van der Waals surface area (Å²) in [5.74, 6) is -5.14. The summed E-state index contributed by atoms with van der Waals surface area (Å²) in [6, 6.07) is 0.785. The van der Waals surface area contributed by atoms with Gasteiger partial charge in [-0.2, -0.15) is 13.2 Å². The van der Waals surface area contributed by atoms with E-state index in [9.17, 15) is 37.5 Å². The molecule has 0 radical (unpaired) electrons. The quantitative estimate of drug-likeness (QED) is 0.674. The number of hydrogen-bond acceptors (Lipinski definition) is 6. The summed E-state index contributed by atoms with van der Waals surface area (Å²) in [5, 5.41) is 9.63. The Morgan fingerprint density at radius 2 is 1.94 bits per heavy atom. The van der Waals surface area contributed by atoms with E-state index in [1.54, 1.807) is 12.1 Å². The number of carbonyl (C=O) groups excluding carboxylic acids is 3. The number of β-lactam (4-membered cyclic amide) rings is 1. The van der Waals surface area contributed by atoms with Gasteiger partial charge in [-0.3, -0.25) is 24.4 Å². The number of ether oxygens (including phenoxy) is 1. The normalized spacial score (nSPS) is 24.1. The van der Waals surface area contributed by atoms with E-state index >= 15 is 0 Å². The predicted molar refractivity (Wildman–Crippen MR) is 98.9 cm³/mol. The Morgan fingerprint density at radius 3 is 2.53 bits per heavy atom. The van der Waals surface area contributed by atoms with Crippen LogP contribution >= 0.6 is 0 Å². The van der Waals surface area contributed by atoms with Crippen molar-refractivity contribution in [3.63, 3.8) is 0 Å². The van der Waals surface area contributed by atoms with Crippen LogP contribution in [0.25, 0.3) is 0 Å². The highest BCUT2D eigenvalue weighted by Gasteiger charge is 2.66. The highest BCUT2D eigenvalue weighted by molar-refractivity contribution is 6.03. The minimum Gasteiger partial charge on any atom is -0.477 e. The van der Waals surface area contributed by atoms with E-state index in [4.69, 9.17) is 4.74 Å². The number of aromatic nitrogens is 1. The second-order valence-electron chi connectivity index (χ2n) is 7.53. The van der Waals surface area contributed by atoms with Crippen LogP contribution in [0.1, 0.15) is 6.42 Å². The smallest absolute Gasteiger partial charge is 0.471 e. The largest absolute Gasteiger partial charge is 0.477 e. The number of carboxylic acid groups (broad SMARTS) is 1. The number of alkyl halides is 3. The van der Waals surface area contributed by atoms with E-state index < -0.39 is 60.4 Å². The summed E-state index contributed by atoms with van der Waals surface area (Å²) >= 11 is 0. The van der Waals surface area contributed by atoms with Gasteiger partial charge in [0.2, 0.25) is 0 Å². The number of likely N-dealkylation sites (tertiary alicyclic amines) is 1. The third-order valence-electron chi connectivity index (χ3n) is 5.91. The van der Waals surface area contributed by atoms with Gasteiger partial charge in [-0.1, -0.05) is 0 Å². The lowest BCUT2D eigenvalue weighted by atomic mass is 9.78. The molecule has 0 aromatic carbocycles. The molecule has 3 aliphatic rings. The van der Waals surface area contributed by atoms with Crippen molar-refractivity contribution in [1.29, 1.82) is 0 Å². The molecule has 2 saturated heterocycles. The van der Waals surface area contributed by atoms with Crippen LogP contribution in [0.2, 0.25) is 0 Å². The molecule has 3 amide bonds. The summed E-state index contributed by atoms with van der Waals surface area (Å²) in [4.78, 5) is 54.9. The van der Waals surface area contributed by atoms with Gasteiger partial charge in [0, 0.05) is 43.2 Å². The first-order valence-electron chi connectivity index (χ1n) is 9.51. The SMILES string of the molecule is CN(C(=O)OCC1=C(C(=O)O)N2C(=O)[C@@H]3[C@H]2C1CCN3C(=O)C(F)(F)F)c1ccncc1. The Morgan fingerprint density at radius 1 is 1.28 bits per heavy atom. The van der Waals surface area contributed by atoms with Crippen LogP contribution in [0.3, 0.4) is 0 Å². The lowest BCUT2D eigenvalue weighted by Gasteiger charge is -2.53. The standard InChI is InChI=1S/C19H17F3N4O6/c1-24(9-2-5-23-6-3-9)18(31)32-8-11-10-4-7-25(17(30)19(20,21)22)14-12(10)26(15(14)27)13(11)16(28)29/h2-3,5-6,10,12,14H,4,7-8H2,1H3,(H,28,29)/t10?,12-,14+/m1/s1. The molecule has 3 atom stereocenters. The number of nitrogens with zero attached hydrogens (tertiary/aromatic N) is 4. The number of pyridine rings is 1. The molecule has 1 aromatic rings. The number of rotatable bonds is 4. The molecule has 0 spiro atoms. The molecule has 170 valence electrons. The van der Waals surface area contributed by atoms with Gasteiger partial charge in [0.25, 0.3) is 5.91 Å². The van der Waals surface area contributed by atoms with Crippen LogP contribution in [0.15, 0.2) is 35.8 Å². The van der Waals surface area contributed by atoms with E-state index in [1.165, 1.54) is 24.3 Å². The number of halogens is 3. The average molecular weight is 454 g/mol. The Labute approximate surface area is 178 Å². The van der Waals surface area contributed by atoms with Crippen LogP contribution in [0.5, 0.6) is 0 Å². The van der Waals surface area contributed by atoms with Crippen molar-refractivity contribution in [3.8, 4) is 0 Å². The van der Waals surface area contributed by atoms with Gasteiger partial charge >= 0.3 is 24.1 Å². The van der Waals surface area contributed by atoms with Crippen molar-refractivity contribution in [1.82, 2.24) is 14.8 Å². The summed E-state index contributed by atoms with van der Waals surface area (Å²) in [6.07, 6.45) is -3.01. The van der Waals surface area contributed by atoms with Crippen molar-refractivity contribution in [2.75, 3.05) is 25.1 Å². The summed E-state index contributed by atoms with van der Waals surface area (Å²) in [6.45, 7) is -0.828. The van der Waals surface area contributed by atoms with Gasteiger partial charge in [0.15, 0.2) is 0 Å². The third kappa shape index (κ3) is 3.24. The van der Waals surface area contributed by atoms with Crippen molar-refractivity contribution in [2.24, 2.45) is 5.92 Å². The molecular weight excluding hydrogens is 437 g/mol. The number of hydrogen-bond donors (Lipinski definition) is 1. The Kier molecular flexibility index (Phi) is 5.06. The minimum atomic E-state index is -5.15. The van der Waals surface area contributed by atoms with Crippen LogP contribution < -0.4 is 4.90 Å². The molecule has 0 saturated carbocycles. The Bertz CT molecular complexity index is 1030. The Balaban J connectivity index is 1.54. The number of carboxylic acids is 1. The topological polar surface area (TPSA) is 120 Å². The third-order valence-corrected chi connectivity index (χ3v) is 5.91. The first-order valence-corrected chi connectivity index (χ1v) is 9.51. The molecule has 4 heterocycles. The maximum absolute atomic E-state index is 12.9. The van der Waals surface area contributed by atoms with Crippen molar-refractivity contribution >= 4 is 29.6 Å². The maximum atomic E-state index is 12.9. The lowest BCUT2D eigenvalue weighted by Crippen LogP contribution is -2.74. The van der Waals surface area contributed by atoms with E-state index in [0.717, 1.165) is 4.90 Å². The van der Waals surface area contributed by atoms with Gasteiger partial charge in [-0.15, -0.1) is 0 Å². The molecule has 2 fully saturated rings. The van der Waals surface area contributed by atoms with E-state index in [0.29, 0.717) is 10.6 Å². The van der Waals surface area contributed by atoms with Gasteiger partial charge in [-0.05, 0) is 18.6 Å². The van der Waals surface area contributed by atoms with Gasteiger partial charge < -0.3 is 14.7 Å². The average Bonchev–Trinajstić information content (AvgIpc) is 3.08. The van der Waals surface area contributed by atoms with Gasteiger partial charge in [0.05, 0.1) is 6.04 Å². The fraction of sp³-hybridized carbons (Fsp3) is 0.421. The van der Waals surface area contributed by atoms with Crippen molar-refractivity contribution in [3.05, 3.63) is 35.8 Å². The number of piperidine rings is 1. The van der Waals surface area contributed by atoms with Crippen LogP contribution in [0, 0.1) is 5.92 Å². The molecule has 32 heavy (non-hydrogen) atoms. The second kappa shape index (κ2) is 7.50. The minimum absolute atomic E-state index is 0.00335.